The van der Waals surface area contributed by atoms with Crippen molar-refractivity contribution < 1.29 is 19.7 Å². The number of aliphatic hydroxyl groups is 1. The van der Waals surface area contributed by atoms with Crippen LogP contribution in [0.4, 0.5) is 0 Å². The molecule has 0 spiro atoms. The molecule has 2 N–H and O–H groups in total. The average molecular weight is 387 g/mol. The monoisotopic (exact) mass is 386 g/mol. The molecule has 2 unspecified atom stereocenters. The minimum Gasteiger partial charge on any atom is -0.481 e. The van der Waals surface area contributed by atoms with Crippen molar-refractivity contribution in [2.75, 3.05) is 0 Å². The van der Waals surface area contributed by atoms with E-state index in [1.807, 2.05) is 18.2 Å². The maximum Gasteiger partial charge on any atom is 0.303 e. The lowest BCUT2D eigenvalue weighted by Crippen LogP contribution is -2.28. The Balaban J connectivity index is 1.47. The van der Waals surface area contributed by atoms with Crippen molar-refractivity contribution >= 4 is 5.97 Å². The fourth-order valence-corrected chi connectivity index (χ4v) is 4.93. The fraction of sp³-hybridized carbons (Fsp3) is 0.625. The first kappa shape index (κ1) is 21.1. The van der Waals surface area contributed by atoms with E-state index < -0.39 is 5.97 Å². The van der Waals surface area contributed by atoms with Crippen LogP contribution in [0, 0.1) is 11.8 Å². The lowest BCUT2D eigenvalue weighted by atomic mass is 9.74. The van der Waals surface area contributed by atoms with Gasteiger partial charge in [-0.2, -0.15) is 0 Å². The highest BCUT2D eigenvalue weighted by atomic mass is 16.5. The third kappa shape index (κ3) is 5.45. The molecule has 6 atom stereocenters. The van der Waals surface area contributed by atoms with Gasteiger partial charge >= 0.3 is 5.97 Å². The first-order chi connectivity index (χ1) is 13.6. The van der Waals surface area contributed by atoms with Crippen LogP contribution in [0.25, 0.3) is 0 Å². The van der Waals surface area contributed by atoms with Crippen molar-refractivity contribution in [1.29, 1.82) is 0 Å². The second kappa shape index (κ2) is 10.2. The molecule has 2 saturated heterocycles. The molecule has 4 heteroatoms. The van der Waals surface area contributed by atoms with Crippen molar-refractivity contribution in [1.82, 2.24) is 0 Å². The molecule has 2 bridgehead atoms. The summed E-state index contributed by atoms with van der Waals surface area (Å²) in [6, 6.07) is 10.2. The Labute approximate surface area is 168 Å². The zero-order chi connectivity index (χ0) is 19.9. The van der Waals surface area contributed by atoms with Crippen LogP contribution in [0.1, 0.15) is 69.8 Å². The van der Waals surface area contributed by atoms with Crippen molar-refractivity contribution in [3.8, 4) is 0 Å². The van der Waals surface area contributed by atoms with Crippen molar-refractivity contribution in [2.45, 2.75) is 82.5 Å². The number of benzene rings is 1. The minimum atomic E-state index is -0.724. The van der Waals surface area contributed by atoms with E-state index >= 15 is 0 Å². The van der Waals surface area contributed by atoms with Crippen LogP contribution in [0.3, 0.4) is 0 Å². The Morgan fingerprint density at radius 1 is 1.18 bits per heavy atom. The lowest BCUT2D eigenvalue weighted by molar-refractivity contribution is -0.137. The summed E-state index contributed by atoms with van der Waals surface area (Å²) in [4.78, 5) is 10.6. The van der Waals surface area contributed by atoms with E-state index in [4.69, 9.17) is 9.84 Å². The highest BCUT2D eigenvalue weighted by Gasteiger charge is 2.47. The molecule has 3 rings (SSSR count). The number of fused-ring (bicyclic) bond motifs is 2. The number of rotatable bonds is 11. The Morgan fingerprint density at radius 3 is 2.61 bits per heavy atom. The molecule has 28 heavy (non-hydrogen) atoms. The molecule has 4 nitrogen and oxygen atoms in total. The van der Waals surface area contributed by atoms with Gasteiger partial charge in [0.15, 0.2) is 0 Å². The van der Waals surface area contributed by atoms with Crippen molar-refractivity contribution in [3.63, 3.8) is 0 Å². The van der Waals surface area contributed by atoms with E-state index in [0.29, 0.717) is 30.5 Å². The normalized spacial score (nSPS) is 28.6. The number of hydrogen-bond acceptors (Lipinski definition) is 3. The molecule has 0 amide bonds. The number of aliphatic carboxylic acids is 1. The third-order valence-electron chi connectivity index (χ3n) is 6.62. The van der Waals surface area contributed by atoms with E-state index in [9.17, 15) is 9.90 Å². The standard InChI is InChI=1S/C24H34O4/c1-17(18-9-5-4-6-10-18)21(25)14-13-20-19(22-15-16-23(20)28-22)11-7-2-3-8-12-24(26)27/h2,4-7,9-10,17,19-23,25H,3,8,11-16H2,1H3,(H,26,27)/t17?,19-,20+,21?,22-,23+/m0/s1. The summed E-state index contributed by atoms with van der Waals surface area (Å²) in [7, 11) is 0. The highest BCUT2D eigenvalue weighted by Crippen LogP contribution is 2.47. The predicted molar refractivity (Wildman–Crippen MR) is 110 cm³/mol. The smallest absolute Gasteiger partial charge is 0.303 e. The maximum atomic E-state index is 10.7. The quantitative estimate of drug-likeness (QED) is 0.418. The van der Waals surface area contributed by atoms with Crippen LogP contribution >= 0.6 is 0 Å². The molecule has 2 aliphatic rings. The molecule has 154 valence electrons. The van der Waals surface area contributed by atoms with Gasteiger partial charge in [-0.1, -0.05) is 49.4 Å². The predicted octanol–water partition coefficient (Wildman–Crippen LogP) is 4.93. The van der Waals surface area contributed by atoms with E-state index in [2.05, 4.69) is 31.2 Å². The third-order valence-corrected chi connectivity index (χ3v) is 6.62. The molecule has 2 aliphatic heterocycles. The fourth-order valence-electron chi connectivity index (χ4n) is 4.93. The lowest BCUT2D eigenvalue weighted by Gasteiger charge is -2.29. The molecule has 2 heterocycles. The Kier molecular flexibility index (Phi) is 7.69. The van der Waals surface area contributed by atoms with Gasteiger partial charge in [0.2, 0.25) is 0 Å². The van der Waals surface area contributed by atoms with Gasteiger partial charge in [-0.15, -0.1) is 0 Å². The Morgan fingerprint density at radius 2 is 1.89 bits per heavy atom. The van der Waals surface area contributed by atoms with E-state index in [1.54, 1.807) is 0 Å². The van der Waals surface area contributed by atoms with Crippen LogP contribution in [0.15, 0.2) is 42.5 Å². The van der Waals surface area contributed by atoms with Gasteiger partial charge in [0, 0.05) is 12.3 Å². The SMILES string of the molecule is CC(c1ccccc1)C(O)CC[C@@H]1[C@H](CC=CCCCC(=O)O)[C@@H]2CC[C@H]1O2. The molecule has 0 saturated carbocycles. The second-order valence-electron chi connectivity index (χ2n) is 8.46. The first-order valence-electron chi connectivity index (χ1n) is 10.8. The number of carbonyl (C=O) groups is 1. The van der Waals surface area contributed by atoms with Crippen LogP contribution < -0.4 is 0 Å². The van der Waals surface area contributed by atoms with Crippen LogP contribution in [0.2, 0.25) is 0 Å². The summed E-state index contributed by atoms with van der Waals surface area (Å²) >= 11 is 0. The van der Waals surface area contributed by atoms with Crippen LogP contribution in [-0.4, -0.2) is 34.5 Å². The summed E-state index contributed by atoms with van der Waals surface area (Å²) in [5.41, 5.74) is 1.19. The molecule has 0 aliphatic carbocycles. The van der Waals surface area contributed by atoms with E-state index in [1.165, 1.54) is 5.56 Å². The highest BCUT2D eigenvalue weighted by molar-refractivity contribution is 5.66. The summed E-state index contributed by atoms with van der Waals surface area (Å²) in [6.45, 7) is 2.11. The van der Waals surface area contributed by atoms with Gasteiger partial charge in [0.05, 0.1) is 18.3 Å². The van der Waals surface area contributed by atoms with Crippen molar-refractivity contribution in [2.24, 2.45) is 11.8 Å². The minimum absolute atomic E-state index is 0.147. The molecule has 0 radical (unpaired) electrons. The van der Waals surface area contributed by atoms with Crippen molar-refractivity contribution in [3.05, 3.63) is 48.0 Å². The number of carboxylic acids is 1. The summed E-state index contributed by atoms with van der Waals surface area (Å²) in [5, 5.41) is 19.4. The molecule has 1 aromatic carbocycles. The molecular formula is C24H34O4. The Bertz CT molecular complexity index is 641. The number of aliphatic hydroxyl groups excluding tert-OH is 1. The van der Waals surface area contributed by atoms with Gasteiger partial charge in [0.25, 0.3) is 0 Å². The van der Waals surface area contributed by atoms with Crippen LogP contribution in [-0.2, 0) is 9.53 Å². The van der Waals surface area contributed by atoms with Gasteiger partial charge in [-0.25, -0.2) is 0 Å². The van der Waals surface area contributed by atoms with Gasteiger partial charge in [0.1, 0.15) is 0 Å². The summed E-state index contributed by atoms with van der Waals surface area (Å²) < 4.78 is 6.19. The largest absolute Gasteiger partial charge is 0.481 e. The topological polar surface area (TPSA) is 66.8 Å². The van der Waals surface area contributed by atoms with Gasteiger partial charge < -0.3 is 14.9 Å². The molecule has 1 aromatic rings. The number of unbranched alkanes of at least 4 members (excludes halogenated alkanes) is 1. The first-order valence-corrected chi connectivity index (χ1v) is 10.8. The van der Waals surface area contributed by atoms with Crippen LogP contribution in [0.5, 0.6) is 0 Å². The maximum absolute atomic E-state index is 10.7. The summed E-state index contributed by atoms with van der Waals surface area (Å²) in [6.07, 6.45) is 11.6. The van der Waals surface area contributed by atoms with Gasteiger partial charge in [-0.05, 0) is 62.3 Å². The zero-order valence-corrected chi connectivity index (χ0v) is 16.9. The number of hydrogen-bond donors (Lipinski definition) is 2. The second-order valence-corrected chi connectivity index (χ2v) is 8.46. The number of ether oxygens (including phenoxy) is 1. The number of allylic oxidation sites excluding steroid dienone is 2. The Hall–Kier alpha value is -1.65. The van der Waals surface area contributed by atoms with E-state index in [0.717, 1.165) is 38.5 Å². The molecule has 0 aromatic heterocycles. The average Bonchev–Trinajstić information content (AvgIpc) is 3.30. The van der Waals surface area contributed by atoms with Gasteiger partial charge in [-0.3, -0.25) is 4.79 Å². The van der Waals surface area contributed by atoms with E-state index in [-0.39, 0.29) is 18.4 Å². The number of carboxylic acid groups (broad SMARTS) is 1. The zero-order valence-electron chi connectivity index (χ0n) is 16.9. The summed E-state index contributed by atoms with van der Waals surface area (Å²) in [5.74, 6) is 0.486. The molecular weight excluding hydrogens is 352 g/mol. The molecule has 2 fully saturated rings.